The van der Waals surface area contributed by atoms with Gasteiger partial charge in [0.25, 0.3) is 5.91 Å². The Bertz CT molecular complexity index is 434. The van der Waals surface area contributed by atoms with E-state index in [1.165, 1.54) is 6.07 Å². The van der Waals surface area contributed by atoms with Crippen molar-refractivity contribution in [2.24, 2.45) is 0 Å². The molecule has 1 aromatic rings. The number of piperidine rings is 1. The zero-order chi connectivity index (χ0) is 13.1. The third-order valence-corrected chi connectivity index (χ3v) is 3.53. The maximum Gasteiger partial charge on any atom is 0.255 e. The molecule has 1 fully saturated rings. The highest BCUT2D eigenvalue weighted by Gasteiger charge is 2.26. The van der Waals surface area contributed by atoms with Gasteiger partial charge in [-0.3, -0.25) is 4.79 Å². The van der Waals surface area contributed by atoms with E-state index in [9.17, 15) is 9.90 Å². The van der Waals surface area contributed by atoms with E-state index in [1.54, 1.807) is 18.2 Å². The van der Waals surface area contributed by atoms with Gasteiger partial charge in [-0.15, -0.1) is 0 Å². The van der Waals surface area contributed by atoms with E-state index in [-0.39, 0.29) is 23.7 Å². The Hall–Kier alpha value is -1.55. The first-order valence-electron chi connectivity index (χ1n) is 6.43. The average molecular weight is 248 g/mol. The third-order valence-electron chi connectivity index (χ3n) is 3.53. The maximum absolute atomic E-state index is 12.1. The lowest BCUT2D eigenvalue weighted by Gasteiger charge is -2.34. The summed E-state index contributed by atoms with van der Waals surface area (Å²) in [5.41, 5.74) is 0.336. The molecule has 1 aliphatic heterocycles. The minimum atomic E-state index is -0.207. The second kappa shape index (κ2) is 5.40. The molecule has 0 spiro atoms. The quantitative estimate of drug-likeness (QED) is 0.746. The Balaban J connectivity index is 2.02. The SMILES string of the molecule is CC1CCC(NC(=O)c2ccccc2O)C(C)N1. The highest BCUT2D eigenvalue weighted by molar-refractivity contribution is 5.96. The molecule has 4 heteroatoms. The summed E-state index contributed by atoms with van der Waals surface area (Å²) in [6.45, 7) is 4.23. The van der Waals surface area contributed by atoms with Crippen molar-refractivity contribution in [1.29, 1.82) is 0 Å². The first kappa shape index (κ1) is 12.9. The zero-order valence-corrected chi connectivity index (χ0v) is 10.8. The van der Waals surface area contributed by atoms with E-state index in [1.807, 2.05) is 0 Å². The van der Waals surface area contributed by atoms with E-state index in [0.29, 0.717) is 11.6 Å². The van der Waals surface area contributed by atoms with Crippen LogP contribution in [0.5, 0.6) is 5.75 Å². The second-order valence-corrected chi connectivity index (χ2v) is 5.03. The number of amides is 1. The van der Waals surface area contributed by atoms with Crippen LogP contribution in [0.3, 0.4) is 0 Å². The first-order chi connectivity index (χ1) is 8.58. The summed E-state index contributed by atoms with van der Waals surface area (Å²) in [4.78, 5) is 12.1. The van der Waals surface area contributed by atoms with Crippen molar-refractivity contribution in [2.45, 2.75) is 44.8 Å². The molecule has 0 radical (unpaired) electrons. The number of hydrogen-bond acceptors (Lipinski definition) is 3. The van der Waals surface area contributed by atoms with Gasteiger partial charge in [-0.1, -0.05) is 12.1 Å². The van der Waals surface area contributed by atoms with Crippen LogP contribution in [-0.4, -0.2) is 29.1 Å². The molecular weight excluding hydrogens is 228 g/mol. The van der Waals surface area contributed by atoms with Gasteiger partial charge in [0.05, 0.1) is 5.56 Å². The highest BCUT2D eigenvalue weighted by Crippen LogP contribution is 2.18. The molecule has 98 valence electrons. The molecule has 1 saturated heterocycles. The zero-order valence-electron chi connectivity index (χ0n) is 10.8. The van der Waals surface area contributed by atoms with Gasteiger partial charge in [0.15, 0.2) is 0 Å². The van der Waals surface area contributed by atoms with Gasteiger partial charge in [0.2, 0.25) is 0 Å². The van der Waals surface area contributed by atoms with Crippen LogP contribution < -0.4 is 10.6 Å². The molecule has 0 aromatic heterocycles. The number of para-hydroxylation sites is 1. The van der Waals surface area contributed by atoms with Crippen molar-refractivity contribution in [1.82, 2.24) is 10.6 Å². The number of carbonyl (C=O) groups is 1. The Kier molecular flexibility index (Phi) is 3.87. The Morgan fingerprint density at radius 1 is 1.33 bits per heavy atom. The van der Waals surface area contributed by atoms with Crippen LogP contribution in [0.25, 0.3) is 0 Å². The van der Waals surface area contributed by atoms with E-state index in [2.05, 4.69) is 24.5 Å². The van der Waals surface area contributed by atoms with Crippen LogP contribution in [0.4, 0.5) is 0 Å². The fraction of sp³-hybridized carbons (Fsp3) is 0.500. The summed E-state index contributed by atoms with van der Waals surface area (Å²) >= 11 is 0. The fourth-order valence-corrected chi connectivity index (χ4v) is 2.44. The van der Waals surface area contributed by atoms with Crippen LogP contribution in [0, 0.1) is 0 Å². The molecule has 3 N–H and O–H groups in total. The van der Waals surface area contributed by atoms with Gasteiger partial charge in [0, 0.05) is 18.1 Å². The Morgan fingerprint density at radius 3 is 2.72 bits per heavy atom. The van der Waals surface area contributed by atoms with Crippen molar-refractivity contribution in [2.75, 3.05) is 0 Å². The van der Waals surface area contributed by atoms with Crippen molar-refractivity contribution in [3.05, 3.63) is 29.8 Å². The van der Waals surface area contributed by atoms with Crippen LogP contribution in [0.2, 0.25) is 0 Å². The lowest BCUT2D eigenvalue weighted by molar-refractivity contribution is 0.0912. The molecule has 3 unspecified atom stereocenters. The number of hydrogen-bond donors (Lipinski definition) is 3. The maximum atomic E-state index is 12.1. The largest absolute Gasteiger partial charge is 0.507 e. The topological polar surface area (TPSA) is 61.4 Å². The number of carbonyl (C=O) groups excluding carboxylic acids is 1. The van der Waals surface area contributed by atoms with Gasteiger partial charge < -0.3 is 15.7 Å². The standard InChI is InChI=1S/C14H20N2O2/c1-9-7-8-12(10(2)15-9)16-14(18)11-5-3-4-6-13(11)17/h3-6,9-10,12,15,17H,7-8H2,1-2H3,(H,16,18). The predicted molar refractivity (Wildman–Crippen MR) is 70.7 cm³/mol. The molecule has 0 bridgehead atoms. The smallest absolute Gasteiger partial charge is 0.255 e. The van der Waals surface area contributed by atoms with Crippen molar-refractivity contribution in [3.63, 3.8) is 0 Å². The molecule has 1 heterocycles. The van der Waals surface area contributed by atoms with Gasteiger partial charge in [-0.05, 0) is 38.8 Å². The van der Waals surface area contributed by atoms with Gasteiger partial charge >= 0.3 is 0 Å². The molecule has 4 nitrogen and oxygen atoms in total. The summed E-state index contributed by atoms with van der Waals surface area (Å²) in [6, 6.07) is 7.49. The Morgan fingerprint density at radius 2 is 2.06 bits per heavy atom. The first-order valence-corrected chi connectivity index (χ1v) is 6.43. The van der Waals surface area contributed by atoms with Crippen molar-refractivity contribution in [3.8, 4) is 5.75 Å². The average Bonchev–Trinajstić information content (AvgIpc) is 2.33. The van der Waals surface area contributed by atoms with Crippen LogP contribution in [0.15, 0.2) is 24.3 Å². The van der Waals surface area contributed by atoms with Crippen LogP contribution >= 0.6 is 0 Å². The molecule has 1 aromatic carbocycles. The van der Waals surface area contributed by atoms with Crippen molar-refractivity contribution >= 4 is 5.91 Å². The van der Waals surface area contributed by atoms with Gasteiger partial charge in [-0.2, -0.15) is 0 Å². The predicted octanol–water partition coefficient (Wildman–Crippen LogP) is 1.65. The molecule has 2 rings (SSSR count). The second-order valence-electron chi connectivity index (χ2n) is 5.03. The van der Waals surface area contributed by atoms with Crippen LogP contribution in [0.1, 0.15) is 37.0 Å². The molecule has 18 heavy (non-hydrogen) atoms. The number of phenols is 1. The van der Waals surface area contributed by atoms with Gasteiger partial charge in [0.1, 0.15) is 5.75 Å². The lowest BCUT2D eigenvalue weighted by atomic mass is 9.95. The lowest BCUT2D eigenvalue weighted by Crippen LogP contribution is -2.54. The number of rotatable bonds is 2. The van der Waals surface area contributed by atoms with E-state index < -0.39 is 0 Å². The fourth-order valence-electron chi connectivity index (χ4n) is 2.44. The molecule has 0 aliphatic carbocycles. The third kappa shape index (κ3) is 2.82. The summed E-state index contributed by atoms with van der Waals surface area (Å²) < 4.78 is 0. The summed E-state index contributed by atoms with van der Waals surface area (Å²) in [7, 11) is 0. The van der Waals surface area contributed by atoms with Gasteiger partial charge in [-0.25, -0.2) is 0 Å². The van der Waals surface area contributed by atoms with E-state index in [4.69, 9.17) is 0 Å². The van der Waals surface area contributed by atoms with Crippen molar-refractivity contribution < 1.29 is 9.90 Å². The van der Waals surface area contributed by atoms with E-state index in [0.717, 1.165) is 12.8 Å². The molecular formula is C14H20N2O2. The van der Waals surface area contributed by atoms with Crippen LogP contribution in [-0.2, 0) is 0 Å². The number of benzene rings is 1. The molecule has 1 aliphatic rings. The number of aromatic hydroxyl groups is 1. The number of nitrogens with one attached hydrogen (secondary N) is 2. The molecule has 1 amide bonds. The highest BCUT2D eigenvalue weighted by atomic mass is 16.3. The Labute approximate surface area is 107 Å². The minimum absolute atomic E-state index is 0.0276. The normalized spacial score (nSPS) is 27.8. The minimum Gasteiger partial charge on any atom is -0.507 e. The molecule has 3 atom stereocenters. The summed E-state index contributed by atoms with van der Waals surface area (Å²) in [6.07, 6.45) is 2.02. The monoisotopic (exact) mass is 248 g/mol. The number of phenolic OH excluding ortho intramolecular Hbond substituents is 1. The molecule has 0 saturated carbocycles. The summed E-state index contributed by atoms with van der Waals surface area (Å²) in [5.74, 6) is -0.180. The van der Waals surface area contributed by atoms with E-state index >= 15 is 0 Å². The summed E-state index contributed by atoms with van der Waals surface area (Å²) in [5, 5.41) is 16.1.